The fraction of sp³-hybridized carbons (Fsp3) is 0.455. The topological polar surface area (TPSA) is 44.5 Å². The Labute approximate surface area is 97.3 Å². The monoisotopic (exact) mass is 249 g/mol. The SMILES string of the molecule is COCCCOc1cc(N)cc(C(F)(F)F)c1. The molecule has 0 unspecified atom stereocenters. The number of ether oxygens (including phenoxy) is 2. The predicted octanol–water partition coefficient (Wildman–Crippen LogP) is 2.70. The molecule has 0 atom stereocenters. The molecule has 0 aliphatic rings. The first-order chi connectivity index (χ1) is 7.93. The predicted molar refractivity (Wildman–Crippen MR) is 57.8 cm³/mol. The molecule has 1 aromatic rings. The Bertz CT molecular complexity index is 366. The molecule has 0 amide bonds. The van der Waals surface area contributed by atoms with E-state index in [0.29, 0.717) is 13.0 Å². The Morgan fingerprint density at radius 3 is 2.47 bits per heavy atom. The minimum absolute atomic E-state index is 0.0292. The summed E-state index contributed by atoms with van der Waals surface area (Å²) in [6.07, 6.45) is -3.81. The first-order valence-electron chi connectivity index (χ1n) is 5.03. The fourth-order valence-corrected chi connectivity index (χ4v) is 1.26. The van der Waals surface area contributed by atoms with Crippen molar-refractivity contribution < 1.29 is 22.6 Å². The number of nitrogens with two attached hydrogens (primary N) is 1. The Morgan fingerprint density at radius 2 is 1.88 bits per heavy atom. The third-order valence-corrected chi connectivity index (χ3v) is 2.02. The maximum absolute atomic E-state index is 12.5. The molecular weight excluding hydrogens is 235 g/mol. The van der Waals surface area contributed by atoms with Crippen molar-refractivity contribution in [3.05, 3.63) is 23.8 Å². The van der Waals surface area contributed by atoms with Gasteiger partial charge < -0.3 is 15.2 Å². The van der Waals surface area contributed by atoms with Crippen LogP contribution in [-0.4, -0.2) is 20.3 Å². The number of halogens is 3. The van der Waals surface area contributed by atoms with Crippen molar-refractivity contribution in [2.75, 3.05) is 26.1 Å². The Morgan fingerprint density at radius 1 is 1.18 bits per heavy atom. The van der Waals surface area contributed by atoms with Gasteiger partial charge in [-0.15, -0.1) is 0 Å². The quantitative estimate of drug-likeness (QED) is 0.644. The average molecular weight is 249 g/mol. The number of anilines is 1. The molecule has 0 aromatic heterocycles. The summed E-state index contributed by atoms with van der Waals surface area (Å²) < 4.78 is 47.3. The zero-order valence-electron chi connectivity index (χ0n) is 9.38. The molecule has 0 saturated carbocycles. The zero-order chi connectivity index (χ0) is 12.9. The highest BCUT2D eigenvalue weighted by Crippen LogP contribution is 2.33. The largest absolute Gasteiger partial charge is 0.493 e. The molecule has 0 radical (unpaired) electrons. The van der Waals surface area contributed by atoms with Gasteiger partial charge in [0.25, 0.3) is 0 Å². The van der Waals surface area contributed by atoms with E-state index in [0.717, 1.165) is 12.1 Å². The lowest BCUT2D eigenvalue weighted by molar-refractivity contribution is -0.137. The van der Waals surface area contributed by atoms with Crippen LogP contribution in [0.2, 0.25) is 0 Å². The summed E-state index contributed by atoms with van der Waals surface area (Å²) in [5.74, 6) is 0.119. The van der Waals surface area contributed by atoms with Crippen LogP contribution in [0.4, 0.5) is 18.9 Å². The highest BCUT2D eigenvalue weighted by Gasteiger charge is 2.31. The molecule has 0 aliphatic heterocycles. The molecule has 2 N–H and O–H groups in total. The van der Waals surface area contributed by atoms with Gasteiger partial charge in [0.2, 0.25) is 0 Å². The molecule has 6 heteroatoms. The van der Waals surface area contributed by atoms with E-state index in [1.807, 2.05) is 0 Å². The molecular formula is C11H14F3NO2. The van der Waals surface area contributed by atoms with Crippen molar-refractivity contribution in [2.24, 2.45) is 0 Å². The number of methoxy groups -OCH3 is 1. The van der Waals surface area contributed by atoms with Gasteiger partial charge in [-0.05, 0) is 12.1 Å². The second-order valence-electron chi connectivity index (χ2n) is 3.48. The minimum Gasteiger partial charge on any atom is -0.493 e. The normalized spacial score (nSPS) is 11.5. The summed E-state index contributed by atoms with van der Waals surface area (Å²) in [5, 5.41) is 0. The molecule has 17 heavy (non-hydrogen) atoms. The lowest BCUT2D eigenvalue weighted by Gasteiger charge is -2.11. The third-order valence-electron chi connectivity index (χ3n) is 2.02. The minimum atomic E-state index is -4.42. The Balaban J connectivity index is 2.69. The third kappa shape index (κ3) is 4.52. The Kier molecular flexibility index (Phi) is 4.62. The number of nitrogen functional groups attached to an aromatic ring is 1. The van der Waals surface area contributed by atoms with E-state index in [4.69, 9.17) is 15.2 Å². The van der Waals surface area contributed by atoms with Gasteiger partial charge in [0.15, 0.2) is 0 Å². The van der Waals surface area contributed by atoms with E-state index in [1.165, 1.54) is 6.07 Å². The second-order valence-corrected chi connectivity index (χ2v) is 3.48. The average Bonchev–Trinajstić information content (AvgIpc) is 2.22. The van der Waals surface area contributed by atoms with Crippen LogP contribution in [0.25, 0.3) is 0 Å². The van der Waals surface area contributed by atoms with E-state index in [9.17, 15) is 13.2 Å². The van der Waals surface area contributed by atoms with Gasteiger partial charge in [0, 0.05) is 31.9 Å². The van der Waals surface area contributed by atoms with Crippen LogP contribution >= 0.6 is 0 Å². The van der Waals surface area contributed by atoms with Crippen molar-refractivity contribution in [1.82, 2.24) is 0 Å². The van der Waals surface area contributed by atoms with Crippen LogP contribution in [0.15, 0.2) is 18.2 Å². The van der Waals surface area contributed by atoms with Crippen LogP contribution in [-0.2, 0) is 10.9 Å². The number of alkyl halides is 3. The number of hydrogen-bond donors (Lipinski definition) is 1. The number of benzene rings is 1. The zero-order valence-corrected chi connectivity index (χ0v) is 9.38. The molecule has 0 fully saturated rings. The number of rotatable bonds is 5. The summed E-state index contributed by atoms with van der Waals surface area (Å²) in [4.78, 5) is 0. The van der Waals surface area contributed by atoms with Gasteiger partial charge in [-0.1, -0.05) is 0 Å². The summed E-state index contributed by atoms with van der Waals surface area (Å²) in [5.41, 5.74) is 4.60. The van der Waals surface area contributed by atoms with Gasteiger partial charge in [-0.3, -0.25) is 0 Å². The number of hydrogen-bond acceptors (Lipinski definition) is 3. The van der Waals surface area contributed by atoms with Crippen molar-refractivity contribution in [3.63, 3.8) is 0 Å². The first-order valence-corrected chi connectivity index (χ1v) is 5.03. The van der Waals surface area contributed by atoms with Crippen LogP contribution in [0, 0.1) is 0 Å². The second kappa shape index (κ2) is 5.77. The van der Waals surface area contributed by atoms with Crippen LogP contribution in [0.5, 0.6) is 5.75 Å². The van der Waals surface area contributed by atoms with Crippen molar-refractivity contribution in [1.29, 1.82) is 0 Å². The van der Waals surface area contributed by atoms with Gasteiger partial charge >= 0.3 is 6.18 Å². The highest BCUT2D eigenvalue weighted by atomic mass is 19.4. The van der Waals surface area contributed by atoms with Gasteiger partial charge in [-0.2, -0.15) is 13.2 Å². The summed E-state index contributed by atoms with van der Waals surface area (Å²) in [7, 11) is 1.54. The molecule has 1 rings (SSSR count). The van der Waals surface area contributed by atoms with E-state index < -0.39 is 11.7 Å². The summed E-state index contributed by atoms with van der Waals surface area (Å²) in [6, 6.07) is 3.17. The van der Waals surface area contributed by atoms with Crippen molar-refractivity contribution in [2.45, 2.75) is 12.6 Å². The molecule has 96 valence electrons. The van der Waals surface area contributed by atoms with Gasteiger partial charge in [-0.25, -0.2) is 0 Å². The molecule has 0 heterocycles. The van der Waals surface area contributed by atoms with Crippen LogP contribution < -0.4 is 10.5 Å². The van der Waals surface area contributed by atoms with Crippen LogP contribution in [0.3, 0.4) is 0 Å². The van der Waals surface area contributed by atoms with Crippen LogP contribution in [0.1, 0.15) is 12.0 Å². The molecule has 0 spiro atoms. The smallest absolute Gasteiger partial charge is 0.416 e. The maximum atomic E-state index is 12.5. The lowest BCUT2D eigenvalue weighted by Crippen LogP contribution is -2.07. The molecule has 0 aliphatic carbocycles. The van der Waals surface area contributed by atoms with E-state index in [1.54, 1.807) is 7.11 Å². The first kappa shape index (κ1) is 13.6. The molecule has 1 aromatic carbocycles. The van der Waals surface area contributed by atoms with Crippen molar-refractivity contribution in [3.8, 4) is 5.75 Å². The molecule has 3 nitrogen and oxygen atoms in total. The highest BCUT2D eigenvalue weighted by molar-refractivity contribution is 5.48. The Hall–Kier alpha value is -1.43. The van der Waals surface area contributed by atoms with Gasteiger partial charge in [0.1, 0.15) is 5.75 Å². The van der Waals surface area contributed by atoms with E-state index in [-0.39, 0.29) is 18.0 Å². The molecule has 0 saturated heterocycles. The summed E-state index contributed by atoms with van der Waals surface area (Å²) >= 11 is 0. The maximum Gasteiger partial charge on any atom is 0.416 e. The van der Waals surface area contributed by atoms with Gasteiger partial charge in [0.05, 0.1) is 12.2 Å². The standard InChI is InChI=1S/C11H14F3NO2/c1-16-3-2-4-17-10-6-8(11(12,13)14)5-9(15)7-10/h5-7H,2-4,15H2,1H3. The molecule has 0 bridgehead atoms. The lowest BCUT2D eigenvalue weighted by atomic mass is 10.2. The fourth-order valence-electron chi connectivity index (χ4n) is 1.26. The van der Waals surface area contributed by atoms with E-state index >= 15 is 0 Å². The summed E-state index contributed by atoms with van der Waals surface area (Å²) in [6.45, 7) is 0.781. The van der Waals surface area contributed by atoms with E-state index in [2.05, 4.69) is 0 Å². The van der Waals surface area contributed by atoms with Crippen molar-refractivity contribution >= 4 is 5.69 Å².